The molecule has 134 valence electrons. The Morgan fingerprint density at radius 3 is 2.92 bits per heavy atom. The molecule has 1 heterocycles. The van der Waals surface area contributed by atoms with Gasteiger partial charge in [0.05, 0.1) is 42.6 Å². The van der Waals surface area contributed by atoms with E-state index in [-0.39, 0.29) is 24.8 Å². The Bertz CT molecular complexity index is 967. The Labute approximate surface area is 151 Å². The number of benzene rings is 2. The van der Waals surface area contributed by atoms with Crippen molar-refractivity contribution in [3.05, 3.63) is 76.3 Å². The minimum atomic E-state index is -0.759. The van der Waals surface area contributed by atoms with Crippen molar-refractivity contribution >= 4 is 10.9 Å². The maximum absolute atomic E-state index is 12.5. The average molecular weight is 350 g/mol. The van der Waals surface area contributed by atoms with E-state index >= 15 is 0 Å². The highest BCUT2D eigenvalue weighted by Gasteiger charge is 2.21. The Morgan fingerprint density at radius 1 is 1.19 bits per heavy atom. The molecular weight excluding hydrogens is 328 g/mol. The van der Waals surface area contributed by atoms with E-state index in [0.29, 0.717) is 10.9 Å². The third kappa shape index (κ3) is 3.41. The van der Waals surface area contributed by atoms with Gasteiger partial charge in [0, 0.05) is 0 Å². The molecular formula is C21H22N2O3. The number of rotatable bonds is 5. The predicted octanol–water partition coefficient (Wildman–Crippen LogP) is 2.85. The van der Waals surface area contributed by atoms with Crippen LogP contribution in [0.25, 0.3) is 10.9 Å². The molecule has 4 rings (SSSR count). The van der Waals surface area contributed by atoms with Gasteiger partial charge in [-0.05, 0) is 42.5 Å². The zero-order chi connectivity index (χ0) is 17.9. The van der Waals surface area contributed by atoms with E-state index in [9.17, 15) is 9.90 Å². The second-order valence-corrected chi connectivity index (χ2v) is 6.79. The van der Waals surface area contributed by atoms with Crippen molar-refractivity contribution in [2.24, 2.45) is 0 Å². The monoisotopic (exact) mass is 350 g/mol. The fourth-order valence-corrected chi connectivity index (χ4v) is 3.63. The topological polar surface area (TPSA) is 64.4 Å². The van der Waals surface area contributed by atoms with Gasteiger partial charge in [-0.3, -0.25) is 9.36 Å². The zero-order valence-corrected chi connectivity index (χ0v) is 14.5. The van der Waals surface area contributed by atoms with Gasteiger partial charge in [0.1, 0.15) is 0 Å². The van der Waals surface area contributed by atoms with Crippen molar-refractivity contribution in [1.29, 1.82) is 0 Å². The van der Waals surface area contributed by atoms with Crippen LogP contribution in [0.2, 0.25) is 0 Å². The summed E-state index contributed by atoms with van der Waals surface area (Å²) in [5, 5.41) is 10.9. The normalized spacial score (nSPS) is 17.8. The van der Waals surface area contributed by atoms with Crippen molar-refractivity contribution in [2.75, 3.05) is 6.61 Å². The van der Waals surface area contributed by atoms with Gasteiger partial charge in [-0.15, -0.1) is 0 Å². The summed E-state index contributed by atoms with van der Waals surface area (Å²) in [6.07, 6.45) is 3.87. The second-order valence-electron chi connectivity index (χ2n) is 6.79. The zero-order valence-electron chi connectivity index (χ0n) is 14.5. The summed E-state index contributed by atoms with van der Waals surface area (Å²) in [7, 11) is 0. The molecule has 5 nitrogen and oxygen atoms in total. The molecule has 2 aromatic carbocycles. The van der Waals surface area contributed by atoms with Crippen LogP contribution in [0.4, 0.5) is 0 Å². The number of aryl methyl sites for hydroxylation is 1. The number of aliphatic hydroxyl groups is 1. The second kappa shape index (κ2) is 7.40. The number of para-hydroxylation sites is 1. The maximum atomic E-state index is 12.5. The molecule has 1 aliphatic rings. The van der Waals surface area contributed by atoms with Crippen LogP contribution in [-0.4, -0.2) is 27.4 Å². The smallest absolute Gasteiger partial charge is 0.261 e. The fraction of sp³-hybridized carbons (Fsp3) is 0.333. The minimum absolute atomic E-state index is 0.0149. The first-order valence-electron chi connectivity index (χ1n) is 9.04. The largest absolute Gasteiger partial charge is 0.389 e. The molecule has 5 heteroatoms. The van der Waals surface area contributed by atoms with E-state index < -0.39 is 6.10 Å². The standard InChI is InChI=1S/C21H22N2O3/c24-16(12-23-14-22-19-10-4-3-9-18(19)21(23)25)13-26-20-11-5-7-15-6-1-2-8-17(15)20/h1-4,6,8-10,14,16,20,24H,5,7,11-13H2. The summed E-state index contributed by atoms with van der Waals surface area (Å²) in [5.41, 5.74) is 3.07. The lowest BCUT2D eigenvalue weighted by molar-refractivity contribution is -0.0228. The van der Waals surface area contributed by atoms with Gasteiger partial charge in [-0.25, -0.2) is 4.98 Å². The van der Waals surface area contributed by atoms with E-state index in [1.54, 1.807) is 12.1 Å². The molecule has 0 spiro atoms. The first-order chi connectivity index (χ1) is 12.7. The van der Waals surface area contributed by atoms with Crippen LogP contribution in [0.15, 0.2) is 59.7 Å². The molecule has 0 fully saturated rings. The lowest BCUT2D eigenvalue weighted by Crippen LogP contribution is -2.30. The Morgan fingerprint density at radius 2 is 2.00 bits per heavy atom. The summed E-state index contributed by atoms with van der Waals surface area (Å²) in [5.74, 6) is 0. The number of aliphatic hydroxyl groups excluding tert-OH is 1. The number of ether oxygens (including phenoxy) is 1. The van der Waals surface area contributed by atoms with Crippen molar-refractivity contribution in [3.8, 4) is 0 Å². The molecule has 2 unspecified atom stereocenters. The van der Waals surface area contributed by atoms with Crippen LogP contribution in [-0.2, 0) is 17.7 Å². The first kappa shape index (κ1) is 16.9. The third-order valence-corrected chi connectivity index (χ3v) is 4.94. The molecule has 1 N–H and O–H groups in total. The Hall–Kier alpha value is -2.50. The van der Waals surface area contributed by atoms with Crippen LogP contribution >= 0.6 is 0 Å². The number of hydrogen-bond acceptors (Lipinski definition) is 4. The summed E-state index contributed by atoms with van der Waals surface area (Å²) in [4.78, 5) is 16.8. The summed E-state index contributed by atoms with van der Waals surface area (Å²) < 4.78 is 7.43. The van der Waals surface area contributed by atoms with Gasteiger partial charge in [0.15, 0.2) is 0 Å². The molecule has 26 heavy (non-hydrogen) atoms. The van der Waals surface area contributed by atoms with Crippen molar-refractivity contribution in [3.63, 3.8) is 0 Å². The molecule has 1 aromatic heterocycles. The number of aromatic nitrogens is 2. The molecule has 0 amide bonds. The van der Waals surface area contributed by atoms with E-state index in [1.165, 1.54) is 22.0 Å². The maximum Gasteiger partial charge on any atom is 0.261 e. The van der Waals surface area contributed by atoms with E-state index in [1.807, 2.05) is 18.2 Å². The number of fused-ring (bicyclic) bond motifs is 2. The Kier molecular flexibility index (Phi) is 4.82. The van der Waals surface area contributed by atoms with Crippen LogP contribution in [0.5, 0.6) is 0 Å². The summed E-state index contributed by atoms with van der Waals surface area (Å²) >= 11 is 0. The molecule has 0 saturated heterocycles. The van der Waals surface area contributed by atoms with E-state index in [2.05, 4.69) is 23.2 Å². The van der Waals surface area contributed by atoms with Crippen LogP contribution < -0.4 is 5.56 Å². The molecule has 0 aliphatic heterocycles. The molecule has 2 atom stereocenters. The van der Waals surface area contributed by atoms with Crippen molar-refractivity contribution < 1.29 is 9.84 Å². The van der Waals surface area contributed by atoms with Crippen LogP contribution in [0, 0.1) is 0 Å². The molecule has 0 radical (unpaired) electrons. The third-order valence-electron chi connectivity index (χ3n) is 4.94. The van der Waals surface area contributed by atoms with Gasteiger partial charge >= 0.3 is 0 Å². The summed E-state index contributed by atoms with van der Waals surface area (Å²) in [6, 6.07) is 15.5. The highest BCUT2D eigenvalue weighted by molar-refractivity contribution is 5.76. The van der Waals surface area contributed by atoms with Crippen molar-refractivity contribution in [2.45, 2.75) is 38.0 Å². The summed E-state index contributed by atoms with van der Waals surface area (Å²) in [6.45, 7) is 0.364. The molecule has 1 aliphatic carbocycles. The van der Waals surface area contributed by atoms with Crippen LogP contribution in [0.1, 0.15) is 30.1 Å². The van der Waals surface area contributed by atoms with Gasteiger partial charge in [-0.1, -0.05) is 36.4 Å². The van der Waals surface area contributed by atoms with Gasteiger partial charge in [0.2, 0.25) is 0 Å². The number of hydrogen-bond donors (Lipinski definition) is 1. The van der Waals surface area contributed by atoms with Gasteiger partial charge < -0.3 is 9.84 Å². The predicted molar refractivity (Wildman–Crippen MR) is 100 cm³/mol. The van der Waals surface area contributed by atoms with Crippen molar-refractivity contribution in [1.82, 2.24) is 9.55 Å². The van der Waals surface area contributed by atoms with Gasteiger partial charge in [-0.2, -0.15) is 0 Å². The molecule has 3 aromatic rings. The number of nitrogens with zero attached hydrogens (tertiary/aromatic N) is 2. The van der Waals surface area contributed by atoms with E-state index in [0.717, 1.165) is 19.3 Å². The fourth-order valence-electron chi connectivity index (χ4n) is 3.63. The highest BCUT2D eigenvalue weighted by Crippen LogP contribution is 2.32. The lowest BCUT2D eigenvalue weighted by atomic mass is 9.89. The first-order valence-corrected chi connectivity index (χ1v) is 9.04. The molecule has 0 saturated carbocycles. The van der Waals surface area contributed by atoms with Crippen LogP contribution in [0.3, 0.4) is 0 Å². The average Bonchev–Trinajstić information content (AvgIpc) is 2.69. The van der Waals surface area contributed by atoms with E-state index in [4.69, 9.17) is 4.74 Å². The SMILES string of the molecule is O=c1c2ccccc2ncn1CC(O)COC1CCCc2ccccc21. The quantitative estimate of drug-likeness (QED) is 0.768. The lowest BCUT2D eigenvalue weighted by Gasteiger charge is -2.26. The molecule has 0 bridgehead atoms. The Balaban J connectivity index is 1.43. The highest BCUT2D eigenvalue weighted by atomic mass is 16.5. The van der Waals surface area contributed by atoms with Gasteiger partial charge in [0.25, 0.3) is 5.56 Å². The minimum Gasteiger partial charge on any atom is -0.389 e.